The summed E-state index contributed by atoms with van der Waals surface area (Å²) in [4.78, 5) is 9.08. The Kier molecular flexibility index (Phi) is 4.49. The highest BCUT2D eigenvalue weighted by Gasteiger charge is 2.22. The monoisotopic (exact) mass is 233 g/mol. The van der Waals surface area contributed by atoms with Gasteiger partial charge in [-0.2, -0.15) is 0 Å². The summed E-state index contributed by atoms with van der Waals surface area (Å²) in [5, 5.41) is 3.29. The lowest BCUT2D eigenvalue weighted by Crippen LogP contribution is -2.16. The average molecular weight is 233 g/mol. The maximum Gasteiger partial charge on any atom is 0.131 e. The van der Waals surface area contributed by atoms with Gasteiger partial charge in [0.15, 0.2) is 0 Å². The molecule has 1 saturated carbocycles. The van der Waals surface area contributed by atoms with Crippen LogP contribution in [0.5, 0.6) is 0 Å². The standard InChI is InChI=1S/C14H23N3/c1-3-15-8-12-9-16-14(17-10-12)13-6-4-5-11(2)7-13/h9-11,13,15H,3-8H2,1-2H3. The molecule has 0 bridgehead atoms. The summed E-state index contributed by atoms with van der Waals surface area (Å²) in [6.07, 6.45) is 9.17. The van der Waals surface area contributed by atoms with Gasteiger partial charge in [-0.3, -0.25) is 0 Å². The van der Waals surface area contributed by atoms with Crippen molar-refractivity contribution >= 4 is 0 Å². The topological polar surface area (TPSA) is 37.8 Å². The Morgan fingerprint density at radius 1 is 1.29 bits per heavy atom. The molecule has 0 aromatic carbocycles. The minimum Gasteiger partial charge on any atom is -0.313 e. The van der Waals surface area contributed by atoms with Crippen molar-refractivity contribution in [2.45, 2.75) is 52.0 Å². The molecule has 0 amide bonds. The van der Waals surface area contributed by atoms with Gasteiger partial charge in [-0.25, -0.2) is 9.97 Å². The van der Waals surface area contributed by atoms with E-state index in [2.05, 4.69) is 29.1 Å². The van der Waals surface area contributed by atoms with Gasteiger partial charge in [-0.05, 0) is 25.3 Å². The predicted octanol–water partition coefficient (Wildman–Crippen LogP) is 2.88. The van der Waals surface area contributed by atoms with Crippen molar-refractivity contribution in [2.24, 2.45) is 5.92 Å². The van der Waals surface area contributed by atoms with Crippen LogP contribution in [0.2, 0.25) is 0 Å². The van der Waals surface area contributed by atoms with Crippen molar-refractivity contribution in [1.29, 1.82) is 0 Å². The Balaban J connectivity index is 1.96. The van der Waals surface area contributed by atoms with Crippen LogP contribution in [0.1, 0.15) is 56.8 Å². The van der Waals surface area contributed by atoms with Crippen LogP contribution in [-0.2, 0) is 6.54 Å². The molecule has 1 heterocycles. The highest BCUT2D eigenvalue weighted by atomic mass is 14.9. The maximum absolute atomic E-state index is 4.54. The van der Waals surface area contributed by atoms with Gasteiger partial charge in [0, 0.05) is 30.4 Å². The van der Waals surface area contributed by atoms with Crippen LogP contribution in [0, 0.1) is 5.92 Å². The van der Waals surface area contributed by atoms with Gasteiger partial charge < -0.3 is 5.32 Å². The fraction of sp³-hybridized carbons (Fsp3) is 0.714. The Morgan fingerprint density at radius 3 is 2.71 bits per heavy atom. The summed E-state index contributed by atoms with van der Waals surface area (Å²) in [5.74, 6) is 2.47. The highest BCUT2D eigenvalue weighted by molar-refractivity contribution is 5.08. The number of rotatable bonds is 4. The molecular formula is C14H23N3. The molecule has 1 aromatic heterocycles. The van der Waals surface area contributed by atoms with E-state index < -0.39 is 0 Å². The summed E-state index contributed by atoms with van der Waals surface area (Å²) in [6, 6.07) is 0. The predicted molar refractivity (Wildman–Crippen MR) is 69.8 cm³/mol. The second-order valence-electron chi connectivity index (χ2n) is 5.20. The van der Waals surface area contributed by atoms with Gasteiger partial charge in [0.2, 0.25) is 0 Å². The highest BCUT2D eigenvalue weighted by Crippen LogP contribution is 2.33. The summed E-state index contributed by atoms with van der Waals surface area (Å²) in [5.41, 5.74) is 1.18. The minimum absolute atomic E-state index is 0.590. The summed E-state index contributed by atoms with van der Waals surface area (Å²) in [7, 11) is 0. The summed E-state index contributed by atoms with van der Waals surface area (Å²) < 4.78 is 0. The van der Waals surface area contributed by atoms with E-state index in [1.165, 1.54) is 31.2 Å². The van der Waals surface area contributed by atoms with Gasteiger partial charge in [-0.15, -0.1) is 0 Å². The average Bonchev–Trinajstić information content (AvgIpc) is 2.37. The van der Waals surface area contributed by atoms with Crippen molar-refractivity contribution in [3.8, 4) is 0 Å². The quantitative estimate of drug-likeness (QED) is 0.869. The van der Waals surface area contributed by atoms with Crippen LogP contribution in [0.25, 0.3) is 0 Å². The van der Waals surface area contributed by atoms with E-state index in [-0.39, 0.29) is 0 Å². The van der Waals surface area contributed by atoms with Crippen LogP contribution in [0.3, 0.4) is 0 Å². The number of hydrogen-bond donors (Lipinski definition) is 1. The number of nitrogens with one attached hydrogen (secondary N) is 1. The van der Waals surface area contributed by atoms with E-state index >= 15 is 0 Å². The first-order valence-corrected chi connectivity index (χ1v) is 6.81. The molecule has 1 aromatic rings. The third-order valence-corrected chi connectivity index (χ3v) is 3.61. The number of hydrogen-bond acceptors (Lipinski definition) is 3. The van der Waals surface area contributed by atoms with Crippen LogP contribution in [-0.4, -0.2) is 16.5 Å². The Morgan fingerprint density at radius 2 is 2.06 bits per heavy atom. The molecule has 2 atom stereocenters. The van der Waals surface area contributed by atoms with Gasteiger partial charge in [0.05, 0.1) is 0 Å². The first-order valence-electron chi connectivity index (χ1n) is 6.81. The molecule has 1 aliphatic carbocycles. The molecule has 3 heteroatoms. The Hall–Kier alpha value is -0.960. The van der Waals surface area contributed by atoms with Crippen molar-refractivity contribution < 1.29 is 0 Å². The fourth-order valence-corrected chi connectivity index (χ4v) is 2.60. The van der Waals surface area contributed by atoms with Crippen molar-refractivity contribution in [3.05, 3.63) is 23.8 Å². The van der Waals surface area contributed by atoms with Gasteiger partial charge in [0.1, 0.15) is 5.82 Å². The number of nitrogens with zero attached hydrogens (tertiary/aromatic N) is 2. The largest absolute Gasteiger partial charge is 0.313 e. The molecule has 0 saturated heterocycles. The first-order chi connectivity index (χ1) is 8.29. The minimum atomic E-state index is 0.590. The third-order valence-electron chi connectivity index (χ3n) is 3.61. The lowest BCUT2D eigenvalue weighted by Gasteiger charge is -2.25. The Bertz CT molecular complexity index is 334. The van der Waals surface area contributed by atoms with E-state index in [0.717, 1.165) is 24.8 Å². The molecule has 1 aliphatic rings. The molecule has 1 N–H and O–H groups in total. The second kappa shape index (κ2) is 6.10. The van der Waals surface area contributed by atoms with Crippen LogP contribution in [0.4, 0.5) is 0 Å². The molecule has 3 nitrogen and oxygen atoms in total. The molecule has 0 radical (unpaired) electrons. The molecule has 0 spiro atoms. The first kappa shape index (κ1) is 12.5. The lowest BCUT2D eigenvalue weighted by molar-refractivity contribution is 0.335. The van der Waals surface area contributed by atoms with Gasteiger partial charge in [0.25, 0.3) is 0 Å². The lowest BCUT2D eigenvalue weighted by atomic mass is 9.82. The number of aromatic nitrogens is 2. The zero-order valence-electron chi connectivity index (χ0n) is 10.9. The molecule has 17 heavy (non-hydrogen) atoms. The van der Waals surface area contributed by atoms with E-state index in [4.69, 9.17) is 0 Å². The molecule has 94 valence electrons. The third kappa shape index (κ3) is 3.50. The molecule has 2 unspecified atom stereocenters. The van der Waals surface area contributed by atoms with E-state index in [0.29, 0.717) is 5.92 Å². The SMILES string of the molecule is CCNCc1cnc(C2CCCC(C)C2)nc1. The van der Waals surface area contributed by atoms with Crippen LogP contribution >= 0.6 is 0 Å². The maximum atomic E-state index is 4.54. The molecule has 0 aliphatic heterocycles. The second-order valence-corrected chi connectivity index (χ2v) is 5.20. The van der Waals surface area contributed by atoms with Gasteiger partial charge in [-0.1, -0.05) is 26.7 Å². The normalized spacial score (nSPS) is 24.8. The Labute approximate surface area is 104 Å². The summed E-state index contributed by atoms with van der Waals surface area (Å²) >= 11 is 0. The zero-order valence-corrected chi connectivity index (χ0v) is 10.9. The fourth-order valence-electron chi connectivity index (χ4n) is 2.60. The van der Waals surface area contributed by atoms with Crippen molar-refractivity contribution in [1.82, 2.24) is 15.3 Å². The van der Waals surface area contributed by atoms with Crippen LogP contribution < -0.4 is 5.32 Å². The van der Waals surface area contributed by atoms with E-state index in [1.54, 1.807) is 0 Å². The van der Waals surface area contributed by atoms with E-state index in [1.807, 2.05) is 12.4 Å². The van der Waals surface area contributed by atoms with Crippen molar-refractivity contribution in [2.75, 3.05) is 6.54 Å². The molecule has 1 fully saturated rings. The zero-order chi connectivity index (χ0) is 12.1. The molecule has 2 rings (SSSR count). The van der Waals surface area contributed by atoms with Crippen molar-refractivity contribution in [3.63, 3.8) is 0 Å². The van der Waals surface area contributed by atoms with Crippen LogP contribution in [0.15, 0.2) is 12.4 Å². The van der Waals surface area contributed by atoms with E-state index in [9.17, 15) is 0 Å². The smallest absolute Gasteiger partial charge is 0.131 e. The van der Waals surface area contributed by atoms with Gasteiger partial charge >= 0.3 is 0 Å². The summed E-state index contributed by atoms with van der Waals surface area (Å²) in [6.45, 7) is 6.31. The molecular weight excluding hydrogens is 210 g/mol.